The minimum Gasteiger partial charge on any atom is -0.344 e. The summed E-state index contributed by atoms with van der Waals surface area (Å²) in [4.78, 5) is 38.0. The Morgan fingerprint density at radius 1 is 1.27 bits per heavy atom. The van der Waals surface area contributed by atoms with Crippen molar-refractivity contribution in [2.75, 3.05) is 19.6 Å². The summed E-state index contributed by atoms with van der Waals surface area (Å²) < 4.78 is 0. The second kappa shape index (κ2) is 8.91. The van der Waals surface area contributed by atoms with Gasteiger partial charge in [0.25, 0.3) is 5.91 Å². The predicted molar refractivity (Wildman–Crippen MR) is 111 cm³/mol. The number of H-pyrrole nitrogens is 1. The van der Waals surface area contributed by atoms with Crippen LogP contribution in [0.5, 0.6) is 0 Å². The average Bonchev–Trinajstić information content (AvgIpc) is 3.57. The first-order valence-electron chi connectivity index (χ1n) is 10.3. The first kappa shape index (κ1) is 19.8. The molecular formula is C22H24N6O2. The maximum absolute atomic E-state index is 12.5. The van der Waals surface area contributed by atoms with E-state index in [0.29, 0.717) is 29.8 Å². The third-order valence-corrected chi connectivity index (χ3v) is 5.18. The molecule has 1 aliphatic heterocycles. The third kappa shape index (κ3) is 4.57. The number of aromatic nitrogens is 3. The number of hydrogen-bond acceptors (Lipinski definition) is 5. The Kier molecular flexibility index (Phi) is 5.89. The molecular weight excluding hydrogens is 380 g/mol. The van der Waals surface area contributed by atoms with E-state index in [1.807, 2.05) is 12.2 Å². The molecule has 2 aliphatic carbocycles. The fourth-order valence-electron chi connectivity index (χ4n) is 3.18. The summed E-state index contributed by atoms with van der Waals surface area (Å²) in [7, 11) is 0. The van der Waals surface area contributed by atoms with Crippen molar-refractivity contribution in [3.8, 4) is 6.07 Å². The highest BCUT2D eigenvalue weighted by Gasteiger charge is 2.30. The topological polar surface area (TPSA) is 115 Å². The molecule has 1 saturated heterocycles. The first-order valence-corrected chi connectivity index (χ1v) is 10.3. The number of hydrogen-bond donors (Lipinski definition) is 2. The Balaban J connectivity index is 0.000000667. The third-order valence-electron chi connectivity index (χ3n) is 5.18. The Labute approximate surface area is 174 Å². The van der Waals surface area contributed by atoms with Crippen LogP contribution in [0.4, 0.5) is 0 Å². The van der Waals surface area contributed by atoms with Crippen molar-refractivity contribution < 1.29 is 9.59 Å². The van der Waals surface area contributed by atoms with Gasteiger partial charge in [-0.25, -0.2) is 9.97 Å². The van der Waals surface area contributed by atoms with E-state index in [2.05, 4.69) is 38.5 Å². The summed E-state index contributed by atoms with van der Waals surface area (Å²) in [6.07, 6.45) is 16.7. The number of likely N-dealkylation sites (tertiary alicyclic amines) is 1. The largest absolute Gasteiger partial charge is 0.344 e. The normalized spacial score (nSPS) is 19.4. The molecule has 2 fully saturated rings. The van der Waals surface area contributed by atoms with Crippen LogP contribution in [-0.2, 0) is 4.79 Å². The lowest BCUT2D eigenvalue weighted by Crippen LogP contribution is -2.52. The molecule has 0 radical (unpaired) electrons. The van der Waals surface area contributed by atoms with E-state index in [0.717, 1.165) is 12.1 Å². The molecule has 0 aromatic carbocycles. The van der Waals surface area contributed by atoms with Gasteiger partial charge in [0, 0.05) is 25.2 Å². The van der Waals surface area contributed by atoms with E-state index in [9.17, 15) is 9.59 Å². The standard InChI is InChI=1S/C19H18N6O2.C3H6/c20-6-12-10-25(11-12)16(26)9-23-19(27)14-7-21-18-17(14)24-15(8-22-18)13-4-2-1-3-5-13;1-2-3-1/h1-4,7-8,12-13H,5,9-11H2,(H,21,22)(H,23,27);1-3H2. The number of carbonyl (C=O) groups is 2. The van der Waals surface area contributed by atoms with Crippen molar-refractivity contribution in [1.29, 1.82) is 5.26 Å². The SMILES string of the molecule is C1CC1.N#CC1CN(C(=O)CNC(=O)c2c[nH]c3ncc(C4C=CC=CC4)nc23)C1. The minimum atomic E-state index is -0.377. The molecule has 0 bridgehead atoms. The van der Waals surface area contributed by atoms with Gasteiger partial charge in [-0.05, 0) is 6.42 Å². The summed E-state index contributed by atoms with van der Waals surface area (Å²) in [5.74, 6) is -0.535. The number of rotatable bonds is 4. The first-order chi connectivity index (χ1) is 14.7. The van der Waals surface area contributed by atoms with E-state index >= 15 is 0 Å². The van der Waals surface area contributed by atoms with Gasteiger partial charge in [-0.2, -0.15) is 5.26 Å². The lowest BCUT2D eigenvalue weighted by Gasteiger charge is -2.35. The maximum Gasteiger partial charge on any atom is 0.255 e. The predicted octanol–water partition coefficient (Wildman–Crippen LogP) is 2.44. The zero-order valence-electron chi connectivity index (χ0n) is 16.7. The number of amides is 2. The quantitative estimate of drug-likeness (QED) is 0.812. The molecule has 2 amide bonds. The Morgan fingerprint density at radius 2 is 2.07 bits per heavy atom. The van der Waals surface area contributed by atoms with Gasteiger partial charge in [-0.1, -0.05) is 43.6 Å². The fourth-order valence-corrected chi connectivity index (χ4v) is 3.18. The van der Waals surface area contributed by atoms with E-state index in [1.165, 1.54) is 19.3 Å². The van der Waals surface area contributed by atoms with Crippen LogP contribution in [0, 0.1) is 17.2 Å². The van der Waals surface area contributed by atoms with Crippen LogP contribution in [0.25, 0.3) is 11.2 Å². The zero-order chi connectivity index (χ0) is 20.9. The number of nitriles is 1. The average molecular weight is 404 g/mol. The maximum atomic E-state index is 12.5. The van der Waals surface area contributed by atoms with Crippen LogP contribution in [0.2, 0.25) is 0 Å². The lowest BCUT2D eigenvalue weighted by atomic mass is 9.98. The zero-order valence-corrected chi connectivity index (χ0v) is 16.7. The van der Waals surface area contributed by atoms with Gasteiger partial charge in [-0.3, -0.25) is 9.59 Å². The van der Waals surface area contributed by atoms with E-state index in [1.54, 1.807) is 17.3 Å². The summed E-state index contributed by atoms with van der Waals surface area (Å²) in [6.45, 7) is 0.750. The van der Waals surface area contributed by atoms with Crippen LogP contribution in [0.3, 0.4) is 0 Å². The summed E-state index contributed by atoms with van der Waals surface area (Å²) in [6, 6.07) is 2.12. The fraction of sp³-hybridized carbons (Fsp3) is 0.409. The molecule has 1 saturated carbocycles. The van der Waals surface area contributed by atoms with Crippen LogP contribution >= 0.6 is 0 Å². The summed E-state index contributed by atoms with van der Waals surface area (Å²) in [5.41, 5.74) is 2.19. The van der Waals surface area contributed by atoms with E-state index in [-0.39, 0.29) is 30.2 Å². The highest BCUT2D eigenvalue weighted by molar-refractivity contribution is 6.05. The minimum absolute atomic E-state index is 0.101. The van der Waals surface area contributed by atoms with E-state index in [4.69, 9.17) is 5.26 Å². The van der Waals surface area contributed by atoms with Gasteiger partial charge in [0.15, 0.2) is 5.65 Å². The van der Waals surface area contributed by atoms with Crippen LogP contribution in [-0.4, -0.2) is 51.3 Å². The van der Waals surface area contributed by atoms with Crippen molar-refractivity contribution in [3.05, 3.63) is 48.0 Å². The molecule has 8 heteroatoms. The van der Waals surface area contributed by atoms with Gasteiger partial charge < -0.3 is 15.2 Å². The number of aromatic amines is 1. The van der Waals surface area contributed by atoms with Crippen LogP contribution < -0.4 is 5.32 Å². The van der Waals surface area contributed by atoms with Crippen molar-refractivity contribution in [2.24, 2.45) is 5.92 Å². The summed E-state index contributed by atoms with van der Waals surface area (Å²) >= 11 is 0. The molecule has 1 unspecified atom stereocenters. The van der Waals surface area contributed by atoms with Gasteiger partial charge >= 0.3 is 0 Å². The molecule has 2 aromatic rings. The molecule has 154 valence electrons. The van der Waals surface area contributed by atoms with Gasteiger partial charge in [0.2, 0.25) is 5.91 Å². The summed E-state index contributed by atoms with van der Waals surface area (Å²) in [5, 5.41) is 11.4. The van der Waals surface area contributed by atoms with Crippen LogP contribution in [0.1, 0.15) is 47.7 Å². The molecule has 2 N–H and O–H groups in total. The van der Waals surface area contributed by atoms with Crippen molar-refractivity contribution >= 4 is 23.0 Å². The van der Waals surface area contributed by atoms with Gasteiger partial charge in [-0.15, -0.1) is 0 Å². The van der Waals surface area contributed by atoms with Gasteiger partial charge in [0.05, 0.1) is 36.0 Å². The molecule has 5 rings (SSSR count). The van der Waals surface area contributed by atoms with Crippen LogP contribution in [0.15, 0.2) is 36.7 Å². The second-order valence-electron chi connectivity index (χ2n) is 7.72. The Morgan fingerprint density at radius 3 is 2.73 bits per heavy atom. The number of nitrogens with zero attached hydrogens (tertiary/aromatic N) is 4. The van der Waals surface area contributed by atoms with Gasteiger partial charge in [0.1, 0.15) is 5.52 Å². The number of nitrogens with one attached hydrogen (secondary N) is 2. The highest BCUT2D eigenvalue weighted by Crippen LogP contribution is 2.24. The molecule has 0 spiro atoms. The smallest absolute Gasteiger partial charge is 0.255 e. The molecule has 1 atom stereocenters. The Bertz CT molecular complexity index is 1040. The highest BCUT2D eigenvalue weighted by atomic mass is 16.2. The van der Waals surface area contributed by atoms with E-state index < -0.39 is 0 Å². The molecule has 2 aromatic heterocycles. The molecule has 3 aliphatic rings. The number of allylic oxidation sites excluding steroid dienone is 4. The lowest BCUT2D eigenvalue weighted by molar-refractivity contribution is -0.135. The second-order valence-corrected chi connectivity index (χ2v) is 7.72. The molecule has 3 heterocycles. The van der Waals surface area contributed by atoms with Crippen molar-refractivity contribution in [1.82, 2.24) is 25.2 Å². The number of fused-ring (bicyclic) bond motifs is 1. The van der Waals surface area contributed by atoms with Crippen molar-refractivity contribution in [3.63, 3.8) is 0 Å². The van der Waals surface area contributed by atoms with Crippen molar-refractivity contribution in [2.45, 2.75) is 31.6 Å². The monoisotopic (exact) mass is 404 g/mol. The molecule has 8 nitrogen and oxygen atoms in total. The Hall–Kier alpha value is -3.47. The molecule has 30 heavy (non-hydrogen) atoms. The number of carbonyl (C=O) groups excluding carboxylic acids is 2.